The monoisotopic (exact) mass is 327 g/mol. The van der Waals surface area contributed by atoms with Crippen LogP contribution in [0.25, 0.3) is 0 Å². The van der Waals surface area contributed by atoms with Crippen molar-refractivity contribution in [3.05, 3.63) is 53.3 Å². The minimum Gasteiger partial charge on any atom is -0.493 e. The number of hydrogen-bond acceptors (Lipinski definition) is 5. The molecule has 1 unspecified atom stereocenters. The molecule has 1 aromatic heterocycles. The van der Waals surface area contributed by atoms with Gasteiger partial charge in [0.1, 0.15) is 0 Å². The third kappa shape index (κ3) is 3.52. The third-order valence-corrected chi connectivity index (χ3v) is 4.66. The molecular weight excluding hydrogens is 302 g/mol. The molecule has 128 valence electrons. The molecule has 1 N–H and O–H groups in total. The van der Waals surface area contributed by atoms with E-state index in [1.54, 1.807) is 14.2 Å². The van der Waals surface area contributed by atoms with E-state index in [4.69, 9.17) is 9.47 Å². The Morgan fingerprint density at radius 3 is 2.58 bits per heavy atom. The highest BCUT2D eigenvalue weighted by Crippen LogP contribution is 2.32. The Morgan fingerprint density at radius 2 is 1.88 bits per heavy atom. The Bertz CT molecular complexity index is 676. The lowest BCUT2D eigenvalue weighted by molar-refractivity contribution is 0.153. The van der Waals surface area contributed by atoms with Crippen molar-refractivity contribution >= 4 is 0 Å². The number of benzene rings is 1. The molecule has 1 aromatic carbocycles. The number of pyridine rings is 1. The summed E-state index contributed by atoms with van der Waals surface area (Å²) in [4.78, 5) is 6.65. The van der Waals surface area contributed by atoms with Gasteiger partial charge in [-0.15, -0.1) is 0 Å². The van der Waals surface area contributed by atoms with Gasteiger partial charge in [0.15, 0.2) is 11.5 Å². The minimum absolute atomic E-state index is 0.356. The fraction of sp³-hybridized carbons (Fsp3) is 0.421. The Kier molecular flexibility index (Phi) is 5.33. The fourth-order valence-corrected chi connectivity index (χ4v) is 3.26. The Labute approximate surface area is 143 Å². The van der Waals surface area contributed by atoms with E-state index in [1.165, 1.54) is 16.7 Å². The van der Waals surface area contributed by atoms with Crippen LogP contribution in [0.3, 0.4) is 0 Å². The number of nitrogens with zero attached hydrogens (tertiary/aromatic N) is 2. The first kappa shape index (κ1) is 16.7. The van der Waals surface area contributed by atoms with E-state index < -0.39 is 0 Å². The van der Waals surface area contributed by atoms with Crippen LogP contribution in [0.2, 0.25) is 0 Å². The Hall–Kier alpha value is -2.11. The normalized spacial score (nSPS) is 18.4. The molecule has 1 atom stereocenters. The summed E-state index contributed by atoms with van der Waals surface area (Å²) < 4.78 is 10.9. The maximum Gasteiger partial charge on any atom is 0.161 e. The predicted octanol–water partition coefficient (Wildman–Crippen LogP) is 2.55. The SMILES string of the molecule is COc1cc(C)c(CN2CCNCC2c2ccncc2)cc1OC. The fourth-order valence-electron chi connectivity index (χ4n) is 3.26. The van der Waals surface area contributed by atoms with E-state index in [-0.39, 0.29) is 0 Å². The summed E-state index contributed by atoms with van der Waals surface area (Å²) >= 11 is 0. The molecule has 2 heterocycles. The largest absolute Gasteiger partial charge is 0.493 e. The lowest BCUT2D eigenvalue weighted by Gasteiger charge is -2.37. The van der Waals surface area contributed by atoms with Crippen LogP contribution >= 0.6 is 0 Å². The first-order valence-corrected chi connectivity index (χ1v) is 8.29. The van der Waals surface area contributed by atoms with Gasteiger partial charge in [0, 0.05) is 44.6 Å². The van der Waals surface area contributed by atoms with Crippen LogP contribution in [-0.4, -0.2) is 43.7 Å². The summed E-state index contributed by atoms with van der Waals surface area (Å²) in [6, 6.07) is 8.71. The Morgan fingerprint density at radius 1 is 1.17 bits per heavy atom. The highest BCUT2D eigenvalue weighted by atomic mass is 16.5. The van der Waals surface area contributed by atoms with Gasteiger partial charge in [0.05, 0.1) is 14.2 Å². The number of ether oxygens (including phenoxy) is 2. The van der Waals surface area contributed by atoms with Crippen molar-refractivity contribution in [3.8, 4) is 11.5 Å². The molecule has 1 saturated heterocycles. The van der Waals surface area contributed by atoms with Gasteiger partial charge in [-0.3, -0.25) is 9.88 Å². The number of nitrogens with one attached hydrogen (secondary N) is 1. The van der Waals surface area contributed by atoms with Crippen LogP contribution in [-0.2, 0) is 6.54 Å². The van der Waals surface area contributed by atoms with Crippen molar-refractivity contribution in [2.24, 2.45) is 0 Å². The first-order chi connectivity index (χ1) is 11.7. The molecule has 1 fully saturated rings. The van der Waals surface area contributed by atoms with Crippen LogP contribution < -0.4 is 14.8 Å². The van der Waals surface area contributed by atoms with E-state index in [2.05, 4.69) is 46.4 Å². The van der Waals surface area contributed by atoms with Crippen LogP contribution in [0.1, 0.15) is 22.7 Å². The van der Waals surface area contributed by atoms with Gasteiger partial charge in [-0.1, -0.05) is 0 Å². The van der Waals surface area contributed by atoms with E-state index in [1.807, 2.05) is 12.4 Å². The zero-order valence-corrected chi connectivity index (χ0v) is 14.6. The average Bonchev–Trinajstić information content (AvgIpc) is 2.64. The third-order valence-electron chi connectivity index (χ3n) is 4.66. The number of methoxy groups -OCH3 is 2. The molecule has 1 aliphatic rings. The highest BCUT2D eigenvalue weighted by Gasteiger charge is 2.24. The topological polar surface area (TPSA) is 46.6 Å². The molecule has 5 nitrogen and oxygen atoms in total. The second-order valence-electron chi connectivity index (χ2n) is 6.10. The molecule has 0 amide bonds. The lowest BCUT2D eigenvalue weighted by atomic mass is 10.0. The molecule has 0 spiro atoms. The van der Waals surface area contributed by atoms with Crippen molar-refractivity contribution in [2.45, 2.75) is 19.5 Å². The molecule has 24 heavy (non-hydrogen) atoms. The summed E-state index contributed by atoms with van der Waals surface area (Å²) in [6.07, 6.45) is 3.73. The number of hydrogen-bond donors (Lipinski definition) is 1. The van der Waals surface area contributed by atoms with Crippen molar-refractivity contribution < 1.29 is 9.47 Å². The van der Waals surface area contributed by atoms with Crippen molar-refractivity contribution in [3.63, 3.8) is 0 Å². The van der Waals surface area contributed by atoms with Gasteiger partial charge >= 0.3 is 0 Å². The molecule has 0 saturated carbocycles. The van der Waals surface area contributed by atoms with Crippen LogP contribution in [0.15, 0.2) is 36.7 Å². The van der Waals surface area contributed by atoms with E-state index in [9.17, 15) is 0 Å². The number of rotatable bonds is 5. The molecule has 3 rings (SSSR count). The number of piperazine rings is 1. The first-order valence-electron chi connectivity index (χ1n) is 8.29. The van der Waals surface area contributed by atoms with Gasteiger partial charge in [-0.25, -0.2) is 0 Å². The highest BCUT2D eigenvalue weighted by molar-refractivity contribution is 5.47. The zero-order chi connectivity index (χ0) is 16.9. The predicted molar refractivity (Wildman–Crippen MR) is 94.5 cm³/mol. The summed E-state index contributed by atoms with van der Waals surface area (Å²) in [5.41, 5.74) is 3.79. The van der Waals surface area contributed by atoms with Crippen LogP contribution in [0.5, 0.6) is 11.5 Å². The summed E-state index contributed by atoms with van der Waals surface area (Å²) in [6.45, 7) is 5.99. The zero-order valence-electron chi connectivity index (χ0n) is 14.6. The van der Waals surface area contributed by atoms with Gasteiger partial charge < -0.3 is 14.8 Å². The smallest absolute Gasteiger partial charge is 0.161 e. The van der Waals surface area contributed by atoms with Crippen molar-refractivity contribution in [2.75, 3.05) is 33.9 Å². The summed E-state index contributed by atoms with van der Waals surface area (Å²) in [5, 5.41) is 3.50. The van der Waals surface area contributed by atoms with Crippen LogP contribution in [0.4, 0.5) is 0 Å². The standard InChI is InChI=1S/C19H25N3O2/c1-14-10-18(23-2)19(24-3)11-16(14)13-22-9-8-21-12-17(22)15-4-6-20-7-5-15/h4-7,10-11,17,21H,8-9,12-13H2,1-3H3. The summed E-state index contributed by atoms with van der Waals surface area (Å²) in [5.74, 6) is 1.57. The Balaban J connectivity index is 1.85. The van der Waals surface area contributed by atoms with Gasteiger partial charge in [-0.05, 0) is 47.9 Å². The summed E-state index contributed by atoms with van der Waals surface area (Å²) in [7, 11) is 3.36. The van der Waals surface area contributed by atoms with E-state index in [0.717, 1.165) is 37.7 Å². The molecule has 0 radical (unpaired) electrons. The maximum absolute atomic E-state index is 5.47. The lowest BCUT2D eigenvalue weighted by Crippen LogP contribution is -2.45. The van der Waals surface area contributed by atoms with Gasteiger partial charge in [0.2, 0.25) is 0 Å². The quantitative estimate of drug-likeness (QED) is 0.914. The molecule has 1 aliphatic heterocycles. The minimum atomic E-state index is 0.356. The molecule has 2 aromatic rings. The van der Waals surface area contributed by atoms with Crippen molar-refractivity contribution in [1.29, 1.82) is 0 Å². The molecule has 5 heteroatoms. The maximum atomic E-state index is 5.47. The van der Waals surface area contributed by atoms with Gasteiger partial charge in [0.25, 0.3) is 0 Å². The molecule has 0 aliphatic carbocycles. The number of aromatic nitrogens is 1. The van der Waals surface area contributed by atoms with Gasteiger partial charge in [-0.2, -0.15) is 0 Å². The molecular formula is C19H25N3O2. The van der Waals surface area contributed by atoms with Crippen LogP contribution in [0, 0.1) is 6.92 Å². The number of aryl methyl sites for hydroxylation is 1. The second-order valence-corrected chi connectivity index (χ2v) is 6.10. The van der Waals surface area contributed by atoms with Crippen molar-refractivity contribution in [1.82, 2.24) is 15.2 Å². The average molecular weight is 327 g/mol. The van der Waals surface area contributed by atoms with E-state index >= 15 is 0 Å². The second kappa shape index (κ2) is 7.64. The van der Waals surface area contributed by atoms with E-state index in [0.29, 0.717) is 6.04 Å². The molecule has 0 bridgehead atoms.